The van der Waals surface area contributed by atoms with Crippen LogP contribution in [0.3, 0.4) is 0 Å². The molecular formula is C17H18F2N4O. The summed E-state index contributed by atoms with van der Waals surface area (Å²) in [6.45, 7) is 4.06. The molecule has 1 amide bonds. The van der Waals surface area contributed by atoms with Crippen LogP contribution in [0.4, 0.5) is 20.3 Å². The smallest absolute Gasteiger partial charge is 0.275 e. The van der Waals surface area contributed by atoms with Gasteiger partial charge in [-0.15, -0.1) is 0 Å². The molecule has 1 aliphatic heterocycles. The number of benzene rings is 1. The number of halogens is 2. The van der Waals surface area contributed by atoms with Gasteiger partial charge in [0.25, 0.3) is 5.91 Å². The molecule has 126 valence electrons. The first-order valence-corrected chi connectivity index (χ1v) is 7.86. The van der Waals surface area contributed by atoms with E-state index in [9.17, 15) is 13.6 Å². The second-order valence-electron chi connectivity index (χ2n) is 6.01. The van der Waals surface area contributed by atoms with Gasteiger partial charge in [0, 0.05) is 19.2 Å². The van der Waals surface area contributed by atoms with Gasteiger partial charge < -0.3 is 10.2 Å². The third-order valence-corrected chi connectivity index (χ3v) is 4.16. The summed E-state index contributed by atoms with van der Waals surface area (Å²) in [6, 6.07) is 2.95. The topological polar surface area (TPSA) is 58.1 Å². The predicted octanol–water partition coefficient (Wildman–Crippen LogP) is 3.24. The number of carbonyl (C=O) groups is 1. The normalized spacial score (nSPS) is 15.4. The third kappa shape index (κ3) is 3.67. The zero-order chi connectivity index (χ0) is 17.1. The number of piperidine rings is 1. The molecule has 0 atom stereocenters. The minimum Gasteiger partial charge on any atom is -0.355 e. The molecule has 2 heterocycles. The molecule has 3 rings (SSSR count). The number of amides is 1. The lowest BCUT2D eigenvalue weighted by Gasteiger charge is -2.30. The van der Waals surface area contributed by atoms with Crippen LogP contribution in [0.5, 0.6) is 0 Å². The van der Waals surface area contributed by atoms with Crippen molar-refractivity contribution in [3.63, 3.8) is 0 Å². The molecule has 1 aromatic carbocycles. The molecule has 1 saturated heterocycles. The van der Waals surface area contributed by atoms with Crippen molar-refractivity contribution in [3.8, 4) is 0 Å². The van der Waals surface area contributed by atoms with Gasteiger partial charge in [0.1, 0.15) is 23.1 Å². The molecule has 1 aliphatic rings. The average molecular weight is 332 g/mol. The van der Waals surface area contributed by atoms with Gasteiger partial charge in [0.05, 0.1) is 18.1 Å². The van der Waals surface area contributed by atoms with E-state index in [0.29, 0.717) is 12.0 Å². The van der Waals surface area contributed by atoms with E-state index in [1.54, 1.807) is 6.20 Å². The van der Waals surface area contributed by atoms with Crippen molar-refractivity contribution < 1.29 is 13.6 Å². The average Bonchev–Trinajstić information content (AvgIpc) is 2.58. The predicted molar refractivity (Wildman–Crippen MR) is 87.0 cm³/mol. The van der Waals surface area contributed by atoms with Crippen molar-refractivity contribution in [1.29, 1.82) is 0 Å². The molecule has 1 fully saturated rings. The number of nitrogens with one attached hydrogen (secondary N) is 1. The number of rotatable bonds is 3. The van der Waals surface area contributed by atoms with Crippen molar-refractivity contribution >= 4 is 17.4 Å². The number of hydrogen-bond acceptors (Lipinski definition) is 4. The summed E-state index contributed by atoms with van der Waals surface area (Å²) in [4.78, 5) is 22.6. The second-order valence-corrected chi connectivity index (χ2v) is 6.01. The molecule has 1 N–H and O–H groups in total. The molecule has 0 saturated carbocycles. The maximum atomic E-state index is 13.6. The van der Waals surface area contributed by atoms with Gasteiger partial charge in [-0.05, 0) is 30.9 Å². The quantitative estimate of drug-likeness (QED) is 0.937. The van der Waals surface area contributed by atoms with E-state index >= 15 is 0 Å². The SMILES string of the molecule is CC1CCN(c2cnc(C(=O)Nc3ccc(F)cc3F)cn2)CC1. The van der Waals surface area contributed by atoms with Crippen LogP contribution in [0.1, 0.15) is 30.3 Å². The van der Waals surface area contributed by atoms with Crippen molar-refractivity contribution in [2.24, 2.45) is 5.92 Å². The van der Waals surface area contributed by atoms with E-state index in [4.69, 9.17) is 0 Å². The van der Waals surface area contributed by atoms with E-state index in [-0.39, 0.29) is 11.4 Å². The first kappa shape index (κ1) is 16.3. The fraction of sp³-hybridized carbons (Fsp3) is 0.353. The Morgan fingerprint density at radius 1 is 1.21 bits per heavy atom. The van der Waals surface area contributed by atoms with Gasteiger partial charge in [-0.2, -0.15) is 0 Å². The van der Waals surface area contributed by atoms with Crippen LogP contribution in [-0.4, -0.2) is 29.0 Å². The van der Waals surface area contributed by atoms with Gasteiger partial charge in [-0.25, -0.2) is 18.7 Å². The Balaban J connectivity index is 1.67. The maximum Gasteiger partial charge on any atom is 0.275 e. The lowest BCUT2D eigenvalue weighted by atomic mass is 9.99. The lowest BCUT2D eigenvalue weighted by molar-refractivity contribution is 0.102. The van der Waals surface area contributed by atoms with Crippen LogP contribution in [0.15, 0.2) is 30.6 Å². The fourth-order valence-electron chi connectivity index (χ4n) is 2.62. The minimum absolute atomic E-state index is 0.0767. The molecule has 5 nitrogen and oxygen atoms in total. The van der Waals surface area contributed by atoms with Gasteiger partial charge in [0.2, 0.25) is 0 Å². The van der Waals surface area contributed by atoms with E-state index in [2.05, 4.69) is 27.1 Å². The Bertz CT molecular complexity index is 728. The highest BCUT2D eigenvalue weighted by Gasteiger charge is 2.18. The Morgan fingerprint density at radius 3 is 2.58 bits per heavy atom. The number of hydrogen-bond donors (Lipinski definition) is 1. The Morgan fingerprint density at radius 2 is 1.96 bits per heavy atom. The summed E-state index contributed by atoms with van der Waals surface area (Å²) in [5.41, 5.74) is -0.0230. The second kappa shape index (κ2) is 6.90. The van der Waals surface area contributed by atoms with Crippen molar-refractivity contribution in [3.05, 3.63) is 47.9 Å². The Kier molecular flexibility index (Phi) is 4.69. The molecular weight excluding hydrogens is 314 g/mol. The molecule has 0 unspecified atom stereocenters. The summed E-state index contributed by atoms with van der Waals surface area (Å²) in [6.07, 6.45) is 5.12. The van der Waals surface area contributed by atoms with Crippen LogP contribution in [-0.2, 0) is 0 Å². The monoisotopic (exact) mass is 332 g/mol. The van der Waals surface area contributed by atoms with Crippen LogP contribution in [0.25, 0.3) is 0 Å². The first-order valence-electron chi connectivity index (χ1n) is 7.86. The standard InChI is InChI=1S/C17H18F2N4O/c1-11-4-6-23(7-5-11)16-10-20-15(9-21-16)17(24)22-14-3-2-12(18)8-13(14)19/h2-3,8-11H,4-7H2,1H3,(H,22,24). The number of nitrogens with zero attached hydrogens (tertiary/aromatic N) is 3. The molecule has 0 bridgehead atoms. The van der Waals surface area contributed by atoms with Crippen LogP contribution in [0.2, 0.25) is 0 Å². The van der Waals surface area contributed by atoms with Gasteiger partial charge in [-0.1, -0.05) is 6.92 Å². The first-order chi connectivity index (χ1) is 11.5. The summed E-state index contributed by atoms with van der Waals surface area (Å²) in [5, 5.41) is 2.36. The minimum atomic E-state index is -0.838. The number of anilines is 2. The molecule has 24 heavy (non-hydrogen) atoms. The summed E-state index contributed by atoms with van der Waals surface area (Å²) < 4.78 is 26.4. The Hall–Kier alpha value is -2.57. The zero-order valence-corrected chi connectivity index (χ0v) is 13.3. The van der Waals surface area contributed by atoms with E-state index < -0.39 is 17.5 Å². The lowest BCUT2D eigenvalue weighted by Crippen LogP contribution is -2.33. The van der Waals surface area contributed by atoms with Gasteiger partial charge in [-0.3, -0.25) is 4.79 Å². The number of carbonyl (C=O) groups excluding carboxylic acids is 1. The van der Waals surface area contributed by atoms with Crippen molar-refractivity contribution in [2.45, 2.75) is 19.8 Å². The zero-order valence-electron chi connectivity index (χ0n) is 13.3. The molecule has 1 aromatic heterocycles. The molecule has 0 spiro atoms. The van der Waals surface area contributed by atoms with Crippen LogP contribution >= 0.6 is 0 Å². The summed E-state index contributed by atoms with van der Waals surface area (Å²) in [5.74, 6) is -0.691. The van der Waals surface area contributed by atoms with E-state index in [1.165, 1.54) is 12.3 Å². The van der Waals surface area contributed by atoms with Gasteiger partial charge >= 0.3 is 0 Å². The molecule has 7 heteroatoms. The molecule has 2 aromatic rings. The number of aromatic nitrogens is 2. The van der Waals surface area contributed by atoms with Crippen LogP contribution < -0.4 is 10.2 Å². The maximum absolute atomic E-state index is 13.6. The summed E-state index contributed by atoms with van der Waals surface area (Å²) in [7, 11) is 0. The largest absolute Gasteiger partial charge is 0.355 e. The fourth-order valence-corrected chi connectivity index (χ4v) is 2.62. The third-order valence-electron chi connectivity index (χ3n) is 4.16. The van der Waals surface area contributed by atoms with Gasteiger partial charge in [0.15, 0.2) is 0 Å². The van der Waals surface area contributed by atoms with E-state index in [1.807, 2.05) is 0 Å². The van der Waals surface area contributed by atoms with Crippen LogP contribution in [0, 0.1) is 17.6 Å². The van der Waals surface area contributed by atoms with E-state index in [0.717, 1.165) is 37.8 Å². The summed E-state index contributed by atoms with van der Waals surface area (Å²) >= 11 is 0. The van der Waals surface area contributed by atoms with Crippen molar-refractivity contribution in [1.82, 2.24) is 9.97 Å². The van der Waals surface area contributed by atoms with Crippen molar-refractivity contribution in [2.75, 3.05) is 23.3 Å². The molecule has 0 aliphatic carbocycles. The molecule has 0 radical (unpaired) electrons. The highest BCUT2D eigenvalue weighted by molar-refractivity contribution is 6.02. The highest BCUT2D eigenvalue weighted by atomic mass is 19.1. The highest BCUT2D eigenvalue weighted by Crippen LogP contribution is 2.21. The Labute approximate surface area is 138 Å².